The van der Waals surface area contributed by atoms with Gasteiger partial charge in [0.1, 0.15) is 0 Å². The number of carboxylic acids is 1. The van der Waals surface area contributed by atoms with E-state index in [-0.39, 0.29) is 11.5 Å². The van der Waals surface area contributed by atoms with E-state index >= 15 is 0 Å². The molecule has 0 aliphatic carbocycles. The number of rotatable bonds is 3. The molecule has 2 aromatic heterocycles. The molecule has 3 N–H and O–H groups in total. The number of aromatic carboxylic acids is 1. The van der Waals surface area contributed by atoms with Crippen molar-refractivity contribution in [2.75, 3.05) is 5.32 Å². The first kappa shape index (κ1) is 12.7. The summed E-state index contributed by atoms with van der Waals surface area (Å²) in [5.41, 5.74) is 0.860. The molecule has 0 saturated heterocycles. The predicted molar refractivity (Wildman–Crippen MR) is 73.0 cm³/mol. The average molecular weight is 283 g/mol. The number of anilines is 1. The molecule has 0 aliphatic rings. The summed E-state index contributed by atoms with van der Waals surface area (Å²) >= 11 is 0. The molecular formula is C13H9N5O3. The monoisotopic (exact) mass is 283 g/mol. The highest BCUT2D eigenvalue weighted by molar-refractivity contribution is 6.07. The second kappa shape index (κ2) is 5.00. The van der Waals surface area contributed by atoms with E-state index in [9.17, 15) is 9.59 Å². The molecule has 8 heteroatoms. The fraction of sp³-hybridized carbons (Fsp3) is 0. The highest BCUT2D eigenvalue weighted by Crippen LogP contribution is 2.15. The largest absolute Gasteiger partial charge is 0.476 e. The first-order valence-electron chi connectivity index (χ1n) is 5.94. The summed E-state index contributed by atoms with van der Waals surface area (Å²) in [6, 6.07) is 4.96. The van der Waals surface area contributed by atoms with E-state index in [1.165, 1.54) is 12.4 Å². The predicted octanol–water partition coefficient (Wildman–Crippen LogP) is 1.30. The SMILES string of the molecule is O=C(Nc1nccnc1C(=O)O)c1ccc2[nH]ncc2c1. The Morgan fingerprint density at radius 1 is 1.19 bits per heavy atom. The molecule has 0 aliphatic heterocycles. The number of carbonyl (C=O) groups excluding carboxylic acids is 1. The van der Waals surface area contributed by atoms with Crippen LogP contribution in [0.4, 0.5) is 5.82 Å². The van der Waals surface area contributed by atoms with Crippen LogP contribution in [0.25, 0.3) is 10.9 Å². The van der Waals surface area contributed by atoms with Gasteiger partial charge in [-0.1, -0.05) is 0 Å². The van der Waals surface area contributed by atoms with Crippen molar-refractivity contribution in [1.29, 1.82) is 0 Å². The van der Waals surface area contributed by atoms with Gasteiger partial charge in [0, 0.05) is 23.3 Å². The third-order valence-corrected chi connectivity index (χ3v) is 2.84. The second-order valence-electron chi connectivity index (χ2n) is 4.18. The normalized spacial score (nSPS) is 10.5. The smallest absolute Gasteiger partial charge is 0.358 e. The highest BCUT2D eigenvalue weighted by atomic mass is 16.4. The third-order valence-electron chi connectivity index (χ3n) is 2.84. The van der Waals surface area contributed by atoms with Crippen molar-refractivity contribution in [3.63, 3.8) is 0 Å². The molecule has 0 bridgehead atoms. The topological polar surface area (TPSA) is 121 Å². The number of aromatic nitrogens is 4. The van der Waals surface area contributed by atoms with E-state index in [0.717, 1.165) is 10.9 Å². The quantitative estimate of drug-likeness (QED) is 0.666. The van der Waals surface area contributed by atoms with Crippen molar-refractivity contribution in [1.82, 2.24) is 20.2 Å². The van der Waals surface area contributed by atoms with Crippen LogP contribution in [0.3, 0.4) is 0 Å². The molecule has 0 spiro atoms. The van der Waals surface area contributed by atoms with Crippen LogP contribution in [0.5, 0.6) is 0 Å². The average Bonchev–Trinajstić information content (AvgIpc) is 2.94. The van der Waals surface area contributed by atoms with Gasteiger partial charge >= 0.3 is 5.97 Å². The summed E-state index contributed by atoms with van der Waals surface area (Å²) in [7, 11) is 0. The zero-order chi connectivity index (χ0) is 14.8. The van der Waals surface area contributed by atoms with Crippen LogP contribution in [0.1, 0.15) is 20.8 Å². The lowest BCUT2D eigenvalue weighted by Crippen LogP contribution is -2.16. The summed E-state index contributed by atoms with van der Waals surface area (Å²) in [5, 5.41) is 18.9. The molecule has 21 heavy (non-hydrogen) atoms. The Kier molecular flexibility index (Phi) is 3.03. The molecule has 8 nitrogen and oxygen atoms in total. The van der Waals surface area contributed by atoms with Gasteiger partial charge in [-0.05, 0) is 18.2 Å². The number of carbonyl (C=O) groups is 2. The number of amides is 1. The number of nitrogens with zero attached hydrogens (tertiary/aromatic N) is 3. The Labute approximate surface area is 117 Å². The van der Waals surface area contributed by atoms with Crippen molar-refractivity contribution in [3.8, 4) is 0 Å². The minimum atomic E-state index is -1.26. The summed E-state index contributed by atoms with van der Waals surface area (Å²) < 4.78 is 0. The Morgan fingerprint density at radius 3 is 2.81 bits per heavy atom. The first-order chi connectivity index (χ1) is 10.1. The highest BCUT2D eigenvalue weighted by Gasteiger charge is 2.16. The number of carboxylic acid groups (broad SMARTS) is 1. The molecule has 2 heterocycles. The fourth-order valence-electron chi connectivity index (χ4n) is 1.85. The summed E-state index contributed by atoms with van der Waals surface area (Å²) in [6.45, 7) is 0. The number of hydrogen-bond donors (Lipinski definition) is 3. The van der Waals surface area contributed by atoms with Gasteiger partial charge in [0.05, 0.1) is 11.7 Å². The van der Waals surface area contributed by atoms with Crippen molar-refractivity contribution in [2.24, 2.45) is 0 Å². The van der Waals surface area contributed by atoms with Gasteiger partial charge in [-0.2, -0.15) is 5.10 Å². The Bertz CT molecular complexity index is 842. The van der Waals surface area contributed by atoms with Gasteiger partial charge < -0.3 is 10.4 Å². The van der Waals surface area contributed by atoms with Gasteiger partial charge in [0.25, 0.3) is 5.91 Å². The van der Waals surface area contributed by atoms with E-state index in [0.29, 0.717) is 5.56 Å². The number of fused-ring (bicyclic) bond motifs is 1. The molecule has 0 unspecified atom stereocenters. The lowest BCUT2D eigenvalue weighted by atomic mass is 10.1. The maximum Gasteiger partial charge on any atom is 0.358 e. The standard InChI is InChI=1S/C13H9N5O3/c19-12(7-1-2-9-8(5-7)6-16-18-9)17-11-10(13(20)21)14-3-4-15-11/h1-6H,(H,16,18)(H,20,21)(H,15,17,19). The molecular weight excluding hydrogens is 274 g/mol. The molecule has 0 saturated carbocycles. The lowest BCUT2D eigenvalue weighted by molar-refractivity contribution is 0.0691. The molecule has 0 fully saturated rings. The summed E-state index contributed by atoms with van der Waals surface area (Å²) in [6.07, 6.45) is 4.15. The zero-order valence-electron chi connectivity index (χ0n) is 10.6. The number of nitrogens with one attached hydrogen (secondary N) is 2. The van der Waals surface area contributed by atoms with Crippen LogP contribution in [0.15, 0.2) is 36.8 Å². The third kappa shape index (κ3) is 2.41. The van der Waals surface area contributed by atoms with Crippen LogP contribution in [-0.4, -0.2) is 37.1 Å². The van der Waals surface area contributed by atoms with Gasteiger partial charge in [-0.3, -0.25) is 9.89 Å². The van der Waals surface area contributed by atoms with Crippen molar-refractivity contribution in [2.45, 2.75) is 0 Å². The lowest BCUT2D eigenvalue weighted by Gasteiger charge is -2.06. The Hall–Kier alpha value is -3.29. The van der Waals surface area contributed by atoms with Gasteiger partial charge in [-0.15, -0.1) is 0 Å². The summed E-state index contributed by atoms with van der Waals surface area (Å²) in [5.74, 6) is -1.83. The molecule has 0 atom stereocenters. The van der Waals surface area contributed by atoms with E-state index < -0.39 is 11.9 Å². The zero-order valence-corrected chi connectivity index (χ0v) is 10.6. The van der Waals surface area contributed by atoms with E-state index in [1.54, 1.807) is 24.4 Å². The first-order valence-corrected chi connectivity index (χ1v) is 5.94. The summed E-state index contributed by atoms with van der Waals surface area (Å²) in [4.78, 5) is 30.7. The van der Waals surface area contributed by atoms with E-state index in [4.69, 9.17) is 5.11 Å². The number of benzene rings is 1. The number of H-pyrrole nitrogens is 1. The van der Waals surface area contributed by atoms with Gasteiger partial charge in [-0.25, -0.2) is 14.8 Å². The Balaban J connectivity index is 1.91. The van der Waals surface area contributed by atoms with Crippen LogP contribution >= 0.6 is 0 Å². The van der Waals surface area contributed by atoms with Crippen LogP contribution in [0, 0.1) is 0 Å². The molecule has 3 aromatic rings. The van der Waals surface area contributed by atoms with Crippen LogP contribution in [-0.2, 0) is 0 Å². The van der Waals surface area contributed by atoms with Crippen molar-refractivity contribution >= 4 is 28.6 Å². The minimum Gasteiger partial charge on any atom is -0.476 e. The maximum absolute atomic E-state index is 12.2. The van der Waals surface area contributed by atoms with Gasteiger partial charge in [0.2, 0.25) is 0 Å². The maximum atomic E-state index is 12.2. The van der Waals surface area contributed by atoms with Crippen molar-refractivity contribution in [3.05, 3.63) is 48.0 Å². The minimum absolute atomic E-state index is 0.0951. The van der Waals surface area contributed by atoms with Gasteiger partial charge in [0.15, 0.2) is 11.5 Å². The van der Waals surface area contributed by atoms with Crippen molar-refractivity contribution < 1.29 is 14.7 Å². The number of aromatic amines is 1. The molecule has 1 aromatic carbocycles. The molecule has 104 valence electrons. The number of hydrogen-bond acceptors (Lipinski definition) is 5. The van der Waals surface area contributed by atoms with E-state index in [2.05, 4.69) is 25.5 Å². The van der Waals surface area contributed by atoms with Crippen LogP contribution in [0.2, 0.25) is 0 Å². The fourth-order valence-corrected chi connectivity index (χ4v) is 1.85. The Morgan fingerprint density at radius 2 is 2.00 bits per heavy atom. The van der Waals surface area contributed by atoms with Crippen LogP contribution < -0.4 is 5.32 Å². The molecule has 3 rings (SSSR count). The second-order valence-corrected chi connectivity index (χ2v) is 4.18. The molecule has 0 radical (unpaired) electrons. The van der Waals surface area contributed by atoms with E-state index in [1.807, 2.05) is 0 Å². The molecule has 1 amide bonds.